The molecule has 0 aliphatic heterocycles. The van der Waals surface area contributed by atoms with E-state index in [0.29, 0.717) is 19.8 Å². The summed E-state index contributed by atoms with van der Waals surface area (Å²) in [6, 6.07) is 19.9. The zero-order valence-electron chi connectivity index (χ0n) is 15.2. The summed E-state index contributed by atoms with van der Waals surface area (Å²) in [7, 11) is 0. The number of anilines is 1. The van der Waals surface area contributed by atoms with Gasteiger partial charge >= 0.3 is 0 Å². The molecule has 0 saturated carbocycles. The number of hydrogen-bond donors (Lipinski definition) is 1. The predicted octanol–water partition coefficient (Wildman–Crippen LogP) is 4.77. The van der Waals surface area contributed by atoms with Crippen LogP contribution in [0, 0.1) is 13.8 Å². The number of aryl methyl sites for hydroxylation is 2. The molecule has 1 aromatic heterocycles. The third kappa shape index (κ3) is 4.99. The van der Waals surface area contributed by atoms with E-state index in [9.17, 15) is 0 Å². The number of aromatic nitrogens is 1. The Morgan fingerprint density at radius 2 is 1.65 bits per heavy atom. The molecule has 0 saturated heterocycles. The van der Waals surface area contributed by atoms with E-state index < -0.39 is 0 Å². The molecule has 0 aliphatic rings. The van der Waals surface area contributed by atoms with Gasteiger partial charge < -0.3 is 14.8 Å². The lowest BCUT2D eigenvalue weighted by molar-refractivity contribution is 0.216. The maximum Gasteiger partial charge on any atom is 0.126 e. The molecule has 0 spiro atoms. The molecule has 26 heavy (non-hydrogen) atoms. The zero-order valence-corrected chi connectivity index (χ0v) is 15.2. The third-order valence-electron chi connectivity index (χ3n) is 4.19. The summed E-state index contributed by atoms with van der Waals surface area (Å²) in [5.41, 5.74) is 3.58. The van der Waals surface area contributed by atoms with Crippen LogP contribution < -0.4 is 14.8 Å². The van der Waals surface area contributed by atoms with Crippen LogP contribution in [0.3, 0.4) is 0 Å². The van der Waals surface area contributed by atoms with Crippen molar-refractivity contribution in [2.45, 2.75) is 20.4 Å². The van der Waals surface area contributed by atoms with E-state index in [4.69, 9.17) is 9.47 Å². The molecule has 2 aromatic carbocycles. The quantitative estimate of drug-likeness (QED) is 0.596. The summed E-state index contributed by atoms with van der Waals surface area (Å²) in [5.74, 6) is 2.58. The summed E-state index contributed by atoms with van der Waals surface area (Å²) in [6.07, 6.45) is 1.77. The summed E-state index contributed by atoms with van der Waals surface area (Å²) >= 11 is 0. The van der Waals surface area contributed by atoms with E-state index in [1.807, 2.05) is 42.5 Å². The van der Waals surface area contributed by atoms with Crippen molar-refractivity contribution in [3.8, 4) is 11.5 Å². The lowest BCUT2D eigenvalue weighted by Crippen LogP contribution is -2.11. The van der Waals surface area contributed by atoms with E-state index in [1.54, 1.807) is 6.20 Å². The molecule has 4 heteroatoms. The fourth-order valence-electron chi connectivity index (χ4n) is 2.56. The molecule has 0 radical (unpaired) electrons. The first kappa shape index (κ1) is 17.8. The normalized spacial score (nSPS) is 10.4. The Labute approximate surface area is 154 Å². The highest BCUT2D eigenvalue weighted by Crippen LogP contribution is 2.20. The van der Waals surface area contributed by atoms with Gasteiger partial charge in [0.25, 0.3) is 0 Å². The molecule has 0 bridgehead atoms. The number of para-hydroxylation sites is 1. The minimum absolute atomic E-state index is 0.494. The van der Waals surface area contributed by atoms with Crippen LogP contribution >= 0.6 is 0 Å². The van der Waals surface area contributed by atoms with Crippen LogP contribution in [0.5, 0.6) is 11.5 Å². The van der Waals surface area contributed by atoms with Gasteiger partial charge in [-0.15, -0.1) is 0 Å². The second kappa shape index (κ2) is 8.90. The topological polar surface area (TPSA) is 43.4 Å². The number of rotatable bonds is 8. The highest BCUT2D eigenvalue weighted by molar-refractivity contribution is 5.39. The Balaban J connectivity index is 1.50. The third-order valence-corrected chi connectivity index (χ3v) is 4.19. The number of pyridine rings is 1. The molecule has 0 fully saturated rings. The number of nitrogens with one attached hydrogen (secondary N) is 1. The molecule has 0 amide bonds. The Hall–Kier alpha value is -3.01. The summed E-state index contributed by atoms with van der Waals surface area (Å²) < 4.78 is 11.7. The molecule has 3 aromatic rings. The molecule has 0 atom stereocenters. The first-order valence-corrected chi connectivity index (χ1v) is 8.78. The SMILES string of the molecule is Cc1ccc(OCCOc2ccccc2CNc2ccccn2)cc1C. The maximum absolute atomic E-state index is 5.92. The maximum atomic E-state index is 5.92. The molecule has 4 nitrogen and oxygen atoms in total. The lowest BCUT2D eigenvalue weighted by Gasteiger charge is -2.13. The Morgan fingerprint density at radius 3 is 2.46 bits per heavy atom. The van der Waals surface area contributed by atoms with Crippen LogP contribution in [0.15, 0.2) is 66.9 Å². The van der Waals surface area contributed by atoms with Crippen molar-refractivity contribution >= 4 is 5.82 Å². The molecule has 0 unspecified atom stereocenters. The number of hydrogen-bond acceptors (Lipinski definition) is 4. The highest BCUT2D eigenvalue weighted by atomic mass is 16.5. The van der Waals surface area contributed by atoms with Gasteiger partial charge in [0.2, 0.25) is 0 Å². The van der Waals surface area contributed by atoms with Crippen molar-refractivity contribution < 1.29 is 9.47 Å². The van der Waals surface area contributed by atoms with Crippen LogP contribution in [0.2, 0.25) is 0 Å². The first-order chi connectivity index (χ1) is 12.7. The lowest BCUT2D eigenvalue weighted by atomic mass is 10.1. The van der Waals surface area contributed by atoms with Gasteiger partial charge in [-0.3, -0.25) is 0 Å². The average Bonchev–Trinajstić information content (AvgIpc) is 2.68. The van der Waals surface area contributed by atoms with Gasteiger partial charge in [-0.1, -0.05) is 30.3 Å². The van der Waals surface area contributed by atoms with Gasteiger partial charge in [-0.05, 0) is 55.3 Å². The minimum Gasteiger partial charge on any atom is -0.490 e. The van der Waals surface area contributed by atoms with E-state index in [-0.39, 0.29) is 0 Å². The molecule has 3 rings (SSSR count). The minimum atomic E-state index is 0.494. The van der Waals surface area contributed by atoms with Crippen LogP contribution in [-0.4, -0.2) is 18.2 Å². The van der Waals surface area contributed by atoms with Gasteiger partial charge in [-0.2, -0.15) is 0 Å². The van der Waals surface area contributed by atoms with Gasteiger partial charge in [0.15, 0.2) is 0 Å². The zero-order chi connectivity index (χ0) is 18.2. The van der Waals surface area contributed by atoms with Gasteiger partial charge in [0.1, 0.15) is 30.5 Å². The molecule has 1 heterocycles. The fourth-order valence-corrected chi connectivity index (χ4v) is 2.56. The predicted molar refractivity (Wildman–Crippen MR) is 105 cm³/mol. The Morgan fingerprint density at radius 1 is 0.846 bits per heavy atom. The largest absolute Gasteiger partial charge is 0.490 e. The summed E-state index contributed by atoms with van der Waals surface area (Å²) in [5, 5.41) is 3.31. The van der Waals surface area contributed by atoms with Crippen LogP contribution in [0.1, 0.15) is 16.7 Å². The van der Waals surface area contributed by atoms with Crippen molar-refractivity contribution in [1.82, 2.24) is 4.98 Å². The second-order valence-electron chi connectivity index (χ2n) is 6.12. The molecular formula is C22H24N2O2. The van der Waals surface area contributed by atoms with Crippen molar-refractivity contribution in [2.24, 2.45) is 0 Å². The van der Waals surface area contributed by atoms with Crippen LogP contribution in [0.25, 0.3) is 0 Å². The number of nitrogens with zero attached hydrogens (tertiary/aromatic N) is 1. The molecule has 134 valence electrons. The molecule has 0 aliphatic carbocycles. The highest BCUT2D eigenvalue weighted by Gasteiger charge is 2.04. The van der Waals surface area contributed by atoms with Crippen molar-refractivity contribution in [1.29, 1.82) is 0 Å². The average molecular weight is 348 g/mol. The van der Waals surface area contributed by atoms with Gasteiger partial charge in [-0.25, -0.2) is 4.98 Å². The van der Waals surface area contributed by atoms with Gasteiger partial charge in [0.05, 0.1) is 0 Å². The van der Waals surface area contributed by atoms with Crippen LogP contribution in [-0.2, 0) is 6.54 Å². The van der Waals surface area contributed by atoms with E-state index in [2.05, 4.69) is 42.3 Å². The Bertz CT molecular complexity index is 835. The van der Waals surface area contributed by atoms with E-state index in [0.717, 1.165) is 22.9 Å². The standard InChI is InChI=1S/C22H24N2O2/c1-17-10-11-20(15-18(17)2)25-13-14-26-21-8-4-3-7-19(21)16-24-22-9-5-6-12-23-22/h3-12,15H,13-14,16H2,1-2H3,(H,23,24). The first-order valence-electron chi connectivity index (χ1n) is 8.78. The number of benzene rings is 2. The van der Waals surface area contributed by atoms with Crippen LogP contribution in [0.4, 0.5) is 5.82 Å². The number of ether oxygens (including phenoxy) is 2. The monoisotopic (exact) mass is 348 g/mol. The summed E-state index contributed by atoms with van der Waals surface area (Å²) in [6.45, 7) is 5.84. The van der Waals surface area contributed by atoms with E-state index >= 15 is 0 Å². The smallest absolute Gasteiger partial charge is 0.126 e. The van der Waals surface area contributed by atoms with Crippen molar-refractivity contribution in [2.75, 3.05) is 18.5 Å². The molecular weight excluding hydrogens is 324 g/mol. The van der Waals surface area contributed by atoms with E-state index in [1.165, 1.54) is 11.1 Å². The fraction of sp³-hybridized carbons (Fsp3) is 0.227. The second-order valence-corrected chi connectivity index (χ2v) is 6.12. The van der Waals surface area contributed by atoms with Gasteiger partial charge in [0, 0.05) is 18.3 Å². The van der Waals surface area contributed by atoms with Crippen molar-refractivity contribution in [3.63, 3.8) is 0 Å². The Kier molecular flexibility index (Phi) is 6.09. The van der Waals surface area contributed by atoms with Crippen molar-refractivity contribution in [3.05, 3.63) is 83.6 Å². The molecule has 1 N–H and O–H groups in total. The summed E-state index contributed by atoms with van der Waals surface area (Å²) in [4.78, 5) is 4.27.